The third kappa shape index (κ3) is 10.4. The summed E-state index contributed by atoms with van der Waals surface area (Å²) in [6.07, 6.45) is 2.54. The average molecular weight is 187 g/mol. The highest BCUT2D eigenvalue weighted by Gasteiger charge is 2.10. The van der Waals surface area contributed by atoms with Gasteiger partial charge >= 0.3 is 0 Å². The van der Waals surface area contributed by atoms with Gasteiger partial charge in [0, 0.05) is 16.1 Å². The average Bonchev–Trinajstić information content (AvgIpc) is 1.55. The maximum absolute atomic E-state index is 2.54. The maximum atomic E-state index is 2.54. The minimum atomic E-state index is -0.790. The van der Waals surface area contributed by atoms with Gasteiger partial charge in [0.2, 0.25) is 0 Å². The van der Waals surface area contributed by atoms with E-state index in [2.05, 4.69) is 45.7 Å². The first kappa shape index (κ1) is 11.4. The highest BCUT2D eigenvalue weighted by Crippen LogP contribution is 2.17. The molecule has 0 aliphatic heterocycles. The van der Waals surface area contributed by atoms with E-state index in [1.165, 1.54) is 12.1 Å². The molecule has 0 aromatic heterocycles. The van der Waals surface area contributed by atoms with Gasteiger partial charge in [-0.1, -0.05) is 39.3 Å². The van der Waals surface area contributed by atoms with Crippen molar-refractivity contribution < 1.29 is 0 Å². The van der Waals surface area contributed by atoms with Crippen molar-refractivity contribution in [2.24, 2.45) is 0 Å². The van der Waals surface area contributed by atoms with Gasteiger partial charge in [0.15, 0.2) is 0 Å². The molecule has 0 aliphatic carbocycles. The van der Waals surface area contributed by atoms with E-state index in [1.807, 2.05) is 0 Å². The predicted octanol–water partition coefficient (Wildman–Crippen LogP) is 3.87. The van der Waals surface area contributed by atoms with E-state index in [-0.39, 0.29) is 0 Å². The molecule has 11 heavy (non-hydrogen) atoms. The molecule has 0 amide bonds. The van der Waals surface area contributed by atoms with E-state index in [1.54, 1.807) is 0 Å². The standard InChI is InChI=1S/C9H23Si2/c1-10(2,3)8-7-9-11(4,5)6/h7H,8-9H2,1-6H3/q-1. The van der Waals surface area contributed by atoms with E-state index in [9.17, 15) is 0 Å². The van der Waals surface area contributed by atoms with Crippen molar-refractivity contribution in [3.63, 3.8) is 0 Å². The Labute approximate surface area is 74.4 Å². The molecule has 0 aromatic carbocycles. The number of hydrogen-bond acceptors (Lipinski definition) is 0. The third-order valence-electron chi connectivity index (χ3n) is 1.51. The summed E-state index contributed by atoms with van der Waals surface area (Å²) in [6, 6.07) is 2.80. The highest BCUT2D eigenvalue weighted by atomic mass is 28.3. The lowest BCUT2D eigenvalue weighted by Crippen LogP contribution is -2.23. The number of hydrogen-bond donors (Lipinski definition) is 0. The molecular weight excluding hydrogens is 164 g/mol. The Morgan fingerprint density at radius 3 is 1.18 bits per heavy atom. The molecule has 0 fully saturated rings. The Balaban J connectivity index is 3.44. The SMILES string of the molecule is C[Si](C)(C)C[CH-]C[Si](C)(C)C. The van der Waals surface area contributed by atoms with Gasteiger partial charge in [-0.05, 0) is 0 Å². The summed E-state index contributed by atoms with van der Waals surface area (Å²) in [5.74, 6) is 0. The molecule has 0 rings (SSSR count). The molecule has 0 radical (unpaired) electrons. The van der Waals surface area contributed by atoms with Crippen LogP contribution >= 0.6 is 0 Å². The van der Waals surface area contributed by atoms with Crippen molar-refractivity contribution in [2.75, 3.05) is 0 Å². The Hall–Kier alpha value is 0.434. The summed E-state index contributed by atoms with van der Waals surface area (Å²) in [5, 5.41) is 0. The zero-order chi connectivity index (χ0) is 9.12. The van der Waals surface area contributed by atoms with E-state index in [4.69, 9.17) is 0 Å². The fourth-order valence-corrected chi connectivity index (χ4v) is 3.25. The molecule has 0 aromatic rings. The second-order valence-corrected chi connectivity index (χ2v) is 16.9. The molecular formula is C9H23Si2-. The van der Waals surface area contributed by atoms with Crippen molar-refractivity contribution in [1.82, 2.24) is 0 Å². The lowest BCUT2D eigenvalue weighted by Gasteiger charge is -2.28. The van der Waals surface area contributed by atoms with Crippen LogP contribution in [0.15, 0.2) is 0 Å². The Kier molecular flexibility index (Phi) is 4.05. The highest BCUT2D eigenvalue weighted by molar-refractivity contribution is 6.78. The zero-order valence-corrected chi connectivity index (χ0v) is 11.0. The Morgan fingerprint density at radius 2 is 1.00 bits per heavy atom. The topological polar surface area (TPSA) is 0 Å². The lowest BCUT2D eigenvalue weighted by atomic mass is 10.6. The summed E-state index contributed by atoms with van der Waals surface area (Å²) < 4.78 is 0. The second kappa shape index (κ2) is 3.90. The largest absolute Gasteiger partial charge is 0.334 e. The van der Waals surface area contributed by atoms with Crippen LogP contribution in [0.25, 0.3) is 0 Å². The normalized spacial score (nSPS) is 13.6. The van der Waals surface area contributed by atoms with E-state index >= 15 is 0 Å². The molecule has 0 aliphatic rings. The van der Waals surface area contributed by atoms with E-state index in [0.717, 1.165) is 0 Å². The van der Waals surface area contributed by atoms with Crippen LogP contribution in [0.3, 0.4) is 0 Å². The molecule has 0 N–H and O–H groups in total. The minimum Gasteiger partial charge on any atom is -0.334 e. The molecule has 0 unspecified atom stereocenters. The molecule has 0 spiro atoms. The van der Waals surface area contributed by atoms with Crippen molar-refractivity contribution in [1.29, 1.82) is 0 Å². The van der Waals surface area contributed by atoms with Crippen LogP contribution in [-0.2, 0) is 0 Å². The first-order chi connectivity index (χ1) is 4.71. The van der Waals surface area contributed by atoms with Crippen molar-refractivity contribution >= 4 is 16.1 Å². The van der Waals surface area contributed by atoms with Crippen molar-refractivity contribution in [3.8, 4) is 0 Å². The molecule has 0 heterocycles. The van der Waals surface area contributed by atoms with Crippen molar-refractivity contribution in [2.45, 2.75) is 51.4 Å². The summed E-state index contributed by atoms with van der Waals surface area (Å²) in [6.45, 7) is 14.6. The summed E-state index contributed by atoms with van der Waals surface area (Å²) in [4.78, 5) is 0. The summed E-state index contributed by atoms with van der Waals surface area (Å²) >= 11 is 0. The molecule has 2 heteroatoms. The molecule has 0 saturated carbocycles. The van der Waals surface area contributed by atoms with Crippen molar-refractivity contribution in [3.05, 3.63) is 6.42 Å². The van der Waals surface area contributed by atoms with Crippen LogP contribution in [0, 0.1) is 6.42 Å². The third-order valence-corrected chi connectivity index (χ3v) is 4.54. The molecule has 68 valence electrons. The quantitative estimate of drug-likeness (QED) is 0.463. The van der Waals surface area contributed by atoms with Gasteiger partial charge in [-0.3, -0.25) is 0 Å². The minimum absolute atomic E-state index is 0.790. The van der Waals surface area contributed by atoms with Gasteiger partial charge in [0.25, 0.3) is 0 Å². The molecule has 0 atom stereocenters. The monoisotopic (exact) mass is 187 g/mol. The predicted molar refractivity (Wildman–Crippen MR) is 60.6 cm³/mol. The van der Waals surface area contributed by atoms with E-state index < -0.39 is 16.1 Å². The first-order valence-corrected chi connectivity index (χ1v) is 11.9. The molecule has 0 bridgehead atoms. The fraction of sp³-hybridized carbons (Fsp3) is 0.889. The second-order valence-electron chi connectivity index (χ2n) is 5.82. The van der Waals surface area contributed by atoms with Crippen LogP contribution < -0.4 is 0 Å². The van der Waals surface area contributed by atoms with Crippen LogP contribution in [0.2, 0.25) is 51.4 Å². The smallest absolute Gasteiger partial charge is 0.0148 e. The number of rotatable bonds is 4. The van der Waals surface area contributed by atoms with Gasteiger partial charge in [-0.25, -0.2) is 0 Å². The maximum Gasteiger partial charge on any atom is 0.0148 e. The first-order valence-electron chi connectivity index (χ1n) is 4.52. The van der Waals surface area contributed by atoms with Gasteiger partial charge in [-0.2, -0.15) is 12.1 Å². The molecule has 0 nitrogen and oxygen atoms in total. The van der Waals surface area contributed by atoms with Crippen LogP contribution in [0.4, 0.5) is 0 Å². The van der Waals surface area contributed by atoms with Gasteiger partial charge < -0.3 is 6.42 Å². The molecule has 0 saturated heterocycles. The van der Waals surface area contributed by atoms with Crippen LogP contribution in [0.1, 0.15) is 0 Å². The fourth-order valence-electron chi connectivity index (χ4n) is 0.938. The van der Waals surface area contributed by atoms with Crippen LogP contribution in [0.5, 0.6) is 0 Å². The van der Waals surface area contributed by atoms with Gasteiger partial charge in [-0.15, -0.1) is 0 Å². The summed E-state index contributed by atoms with van der Waals surface area (Å²) in [5.41, 5.74) is 0. The van der Waals surface area contributed by atoms with E-state index in [0.29, 0.717) is 0 Å². The Morgan fingerprint density at radius 1 is 0.727 bits per heavy atom. The van der Waals surface area contributed by atoms with Crippen LogP contribution in [-0.4, -0.2) is 16.1 Å². The Bertz CT molecular complexity index is 91.7. The van der Waals surface area contributed by atoms with Gasteiger partial charge in [0.05, 0.1) is 0 Å². The lowest BCUT2D eigenvalue weighted by molar-refractivity contribution is 1.27. The zero-order valence-electron chi connectivity index (χ0n) is 8.99. The summed E-state index contributed by atoms with van der Waals surface area (Å²) in [7, 11) is -1.58. The van der Waals surface area contributed by atoms with Gasteiger partial charge in [0.1, 0.15) is 0 Å².